The third-order valence-corrected chi connectivity index (χ3v) is 3.47. The minimum atomic E-state index is -0.410. The molecule has 1 fully saturated rings. The summed E-state index contributed by atoms with van der Waals surface area (Å²) in [7, 11) is 0. The van der Waals surface area contributed by atoms with Gasteiger partial charge < -0.3 is 14.6 Å². The van der Waals surface area contributed by atoms with Crippen LogP contribution in [0.5, 0.6) is 0 Å². The van der Waals surface area contributed by atoms with Crippen molar-refractivity contribution in [3.05, 3.63) is 22.4 Å². The Morgan fingerprint density at radius 2 is 2.47 bits per heavy atom. The van der Waals surface area contributed by atoms with Gasteiger partial charge in [-0.25, -0.2) is 0 Å². The molecule has 0 radical (unpaired) electrons. The first-order valence-electron chi connectivity index (χ1n) is 5.26. The molecule has 1 aliphatic rings. The monoisotopic (exact) mass is 228 g/mol. The minimum Gasteiger partial charge on any atom is -0.390 e. The first-order chi connectivity index (χ1) is 7.36. The Bertz CT molecular complexity index is 267. The third kappa shape index (κ3) is 3.28. The van der Waals surface area contributed by atoms with Crippen molar-refractivity contribution in [1.29, 1.82) is 0 Å². The summed E-state index contributed by atoms with van der Waals surface area (Å²) in [6, 6.07) is 4.13. The van der Waals surface area contributed by atoms with Gasteiger partial charge >= 0.3 is 0 Å². The molecule has 0 amide bonds. The van der Waals surface area contributed by atoms with E-state index in [0.29, 0.717) is 19.8 Å². The molecule has 1 aliphatic heterocycles. The Balaban J connectivity index is 1.74. The smallest absolute Gasteiger partial charge is 0.107 e. The number of ether oxygens (including phenoxy) is 2. The highest BCUT2D eigenvalue weighted by atomic mass is 32.1. The van der Waals surface area contributed by atoms with Crippen LogP contribution in [-0.2, 0) is 15.9 Å². The van der Waals surface area contributed by atoms with Gasteiger partial charge in [0.25, 0.3) is 0 Å². The van der Waals surface area contributed by atoms with Crippen LogP contribution in [0.25, 0.3) is 0 Å². The zero-order valence-electron chi connectivity index (χ0n) is 8.59. The van der Waals surface area contributed by atoms with Crippen molar-refractivity contribution in [3.63, 3.8) is 0 Å². The molecule has 0 aromatic carbocycles. The van der Waals surface area contributed by atoms with E-state index in [1.807, 2.05) is 6.07 Å². The molecule has 0 bridgehead atoms. The standard InChI is InChI=1S/C11H16O3S/c12-10(11-8-13-5-6-14-11)4-3-9-2-1-7-15-9/h1-2,7,10-12H,3-6,8H2. The van der Waals surface area contributed by atoms with Crippen molar-refractivity contribution >= 4 is 11.3 Å². The summed E-state index contributed by atoms with van der Waals surface area (Å²) in [5.41, 5.74) is 0. The van der Waals surface area contributed by atoms with Crippen LogP contribution in [0.2, 0.25) is 0 Å². The maximum absolute atomic E-state index is 9.87. The van der Waals surface area contributed by atoms with E-state index >= 15 is 0 Å². The molecule has 84 valence electrons. The molecule has 1 N–H and O–H groups in total. The summed E-state index contributed by atoms with van der Waals surface area (Å²) in [4.78, 5) is 1.31. The van der Waals surface area contributed by atoms with E-state index in [1.165, 1.54) is 4.88 Å². The highest BCUT2D eigenvalue weighted by molar-refractivity contribution is 7.09. The average Bonchev–Trinajstić information content (AvgIpc) is 2.80. The van der Waals surface area contributed by atoms with E-state index in [0.717, 1.165) is 12.8 Å². The van der Waals surface area contributed by atoms with Gasteiger partial charge in [0.05, 0.1) is 25.9 Å². The van der Waals surface area contributed by atoms with E-state index in [4.69, 9.17) is 9.47 Å². The molecule has 2 unspecified atom stereocenters. The number of rotatable bonds is 4. The Labute approximate surface area is 93.6 Å². The van der Waals surface area contributed by atoms with E-state index < -0.39 is 6.10 Å². The molecule has 1 aromatic heterocycles. The second kappa shape index (κ2) is 5.61. The number of thiophene rings is 1. The fourth-order valence-corrected chi connectivity index (χ4v) is 2.38. The van der Waals surface area contributed by atoms with Crippen LogP contribution in [0.3, 0.4) is 0 Å². The largest absolute Gasteiger partial charge is 0.390 e. The number of aliphatic hydroxyl groups excluding tert-OH is 1. The molecular formula is C11H16O3S. The third-order valence-electron chi connectivity index (χ3n) is 2.54. The van der Waals surface area contributed by atoms with Crippen molar-refractivity contribution in [1.82, 2.24) is 0 Å². The Hall–Kier alpha value is -0.420. The van der Waals surface area contributed by atoms with Crippen molar-refractivity contribution < 1.29 is 14.6 Å². The predicted molar refractivity (Wildman–Crippen MR) is 59.2 cm³/mol. The molecule has 15 heavy (non-hydrogen) atoms. The summed E-state index contributed by atoms with van der Waals surface area (Å²) in [5.74, 6) is 0. The Kier molecular flexibility index (Phi) is 4.14. The highest BCUT2D eigenvalue weighted by Crippen LogP contribution is 2.15. The topological polar surface area (TPSA) is 38.7 Å². The van der Waals surface area contributed by atoms with Crippen LogP contribution in [-0.4, -0.2) is 37.1 Å². The van der Waals surface area contributed by atoms with E-state index in [-0.39, 0.29) is 6.10 Å². The van der Waals surface area contributed by atoms with Gasteiger partial charge in [-0.05, 0) is 24.3 Å². The first kappa shape index (κ1) is 11.1. The molecule has 1 saturated heterocycles. The maximum Gasteiger partial charge on any atom is 0.107 e. The molecule has 0 saturated carbocycles. The molecule has 4 heteroatoms. The van der Waals surface area contributed by atoms with E-state index in [1.54, 1.807) is 11.3 Å². The number of hydrogen-bond acceptors (Lipinski definition) is 4. The molecular weight excluding hydrogens is 212 g/mol. The zero-order valence-corrected chi connectivity index (χ0v) is 9.41. The van der Waals surface area contributed by atoms with Gasteiger partial charge in [-0.3, -0.25) is 0 Å². The van der Waals surface area contributed by atoms with Crippen LogP contribution >= 0.6 is 11.3 Å². The fraction of sp³-hybridized carbons (Fsp3) is 0.636. The lowest BCUT2D eigenvalue weighted by atomic mass is 10.1. The fourth-order valence-electron chi connectivity index (χ4n) is 1.66. The Morgan fingerprint density at radius 3 is 3.13 bits per heavy atom. The number of aliphatic hydroxyl groups is 1. The van der Waals surface area contributed by atoms with Gasteiger partial charge in [0.15, 0.2) is 0 Å². The highest BCUT2D eigenvalue weighted by Gasteiger charge is 2.22. The lowest BCUT2D eigenvalue weighted by Crippen LogP contribution is -2.38. The second-order valence-electron chi connectivity index (χ2n) is 3.67. The average molecular weight is 228 g/mol. The van der Waals surface area contributed by atoms with Gasteiger partial charge in [-0.1, -0.05) is 6.07 Å². The quantitative estimate of drug-likeness (QED) is 0.848. The molecule has 3 nitrogen and oxygen atoms in total. The van der Waals surface area contributed by atoms with Crippen LogP contribution in [0, 0.1) is 0 Å². The lowest BCUT2D eigenvalue weighted by Gasteiger charge is -2.27. The first-order valence-corrected chi connectivity index (χ1v) is 6.14. The maximum atomic E-state index is 9.87. The van der Waals surface area contributed by atoms with Crippen LogP contribution in [0.4, 0.5) is 0 Å². The van der Waals surface area contributed by atoms with Crippen LogP contribution in [0.1, 0.15) is 11.3 Å². The van der Waals surface area contributed by atoms with E-state index in [9.17, 15) is 5.11 Å². The molecule has 0 spiro atoms. The van der Waals surface area contributed by atoms with Gasteiger partial charge in [-0.2, -0.15) is 0 Å². The van der Waals surface area contributed by atoms with Gasteiger partial charge in [0.2, 0.25) is 0 Å². The molecule has 2 rings (SSSR count). The zero-order chi connectivity index (χ0) is 10.5. The normalized spacial score (nSPS) is 23.9. The SMILES string of the molecule is OC(CCc1cccs1)C1COCCO1. The molecule has 1 aromatic rings. The summed E-state index contributed by atoms with van der Waals surface area (Å²) >= 11 is 1.73. The number of hydrogen-bond donors (Lipinski definition) is 1. The lowest BCUT2D eigenvalue weighted by molar-refractivity contribution is -0.133. The van der Waals surface area contributed by atoms with Gasteiger partial charge in [0, 0.05) is 4.88 Å². The minimum absolute atomic E-state index is 0.140. The van der Waals surface area contributed by atoms with Crippen molar-refractivity contribution in [2.75, 3.05) is 19.8 Å². The van der Waals surface area contributed by atoms with Crippen molar-refractivity contribution in [2.24, 2.45) is 0 Å². The molecule has 0 aliphatic carbocycles. The van der Waals surface area contributed by atoms with Crippen LogP contribution < -0.4 is 0 Å². The second-order valence-corrected chi connectivity index (χ2v) is 4.70. The van der Waals surface area contributed by atoms with Gasteiger partial charge in [0.1, 0.15) is 6.10 Å². The van der Waals surface area contributed by atoms with Crippen LogP contribution in [0.15, 0.2) is 17.5 Å². The Morgan fingerprint density at radius 1 is 1.53 bits per heavy atom. The number of aryl methyl sites for hydroxylation is 1. The molecule has 2 heterocycles. The summed E-state index contributed by atoms with van der Waals surface area (Å²) in [6.45, 7) is 1.76. The van der Waals surface area contributed by atoms with Crippen molar-refractivity contribution in [3.8, 4) is 0 Å². The van der Waals surface area contributed by atoms with Gasteiger partial charge in [-0.15, -0.1) is 11.3 Å². The summed E-state index contributed by atoms with van der Waals surface area (Å²) in [6.07, 6.45) is 1.11. The summed E-state index contributed by atoms with van der Waals surface area (Å²) < 4.78 is 10.7. The summed E-state index contributed by atoms with van der Waals surface area (Å²) in [5, 5.41) is 11.9. The predicted octanol–water partition coefficient (Wildman–Crippen LogP) is 1.46. The van der Waals surface area contributed by atoms with Crippen molar-refractivity contribution in [2.45, 2.75) is 25.0 Å². The van der Waals surface area contributed by atoms with E-state index in [2.05, 4.69) is 11.4 Å². The molecule has 2 atom stereocenters.